The van der Waals surface area contributed by atoms with Gasteiger partial charge in [0.1, 0.15) is 17.9 Å². The van der Waals surface area contributed by atoms with E-state index in [1.807, 2.05) is 0 Å². The number of nitrogens with zero attached hydrogens (tertiary/aromatic N) is 2. The molecule has 0 aromatic heterocycles. The Kier molecular flexibility index (Phi) is 4.71. The van der Waals surface area contributed by atoms with Crippen molar-refractivity contribution in [1.29, 1.82) is 0 Å². The molecule has 0 saturated heterocycles. The van der Waals surface area contributed by atoms with E-state index in [9.17, 15) is 23.3 Å². The van der Waals surface area contributed by atoms with Gasteiger partial charge in [-0.25, -0.2) is 0 Å². The summed E-state index contributed by atoms with van der Waals surface area (Å²) in [5.41, 5.74) is -2.28. The van der Waals surface area contributed by atoms with Crippen molar-refractivity contribution in [3.63, 3.8) is 0 Å². The highest BCUT2D eigenvalue weighted by Gasteiger charge is 2.38. The second kappa shape index (κ2) is 5.87. The summed E-state index contributed by atoms with van der Waals surface area (Å²) in [5, 5.41) is 10.5. The van der Waals surface area contributed by atoms with Crippen LogP contribution in [0.1, 0.15) is 5.56 Å². The number of rotatable bonds is 5. The van der Waals surface area contributed by atoms with Gasteiger partial charge in [0, 0.05) is 12.6 Å². The molecule has 106 valence electrons. The zero-order valence-corrected chi connectivity index (χ0v) is 10.4. The van der Waals surface area contributed by atoms with Crippen LogP contribution >= 0.6 is 0 Å². The molecule has 0 atom stereocenters. The van der Waals surface area contributed by atoms with Crippen LogP contribution in [0.4, 0.5) is 18.9 Å². The molecule has 5 nitrogen and oxygen atoms in total. The maximum Gasteiger partial charge on any atom is 0.423 e. The first-order valence-electron chi connectivity index (χ1n) is 5.35. The van der Waals surface area contributed by atoms with E-state index in [1.165, 1.54) is 0 Å². The summed E-state index contributed by atoms with van der Waals surface area (Å²) in [4.78, 5) is 11.3. The smallest absolute Gasteiger partial charge is 0.423 e. The maximum atomic E-state index is 12.7. The Morgan fingerprint density at radius 2 is 2.00 bits per heavy atom. The van der Waals surface area contributed by atoms with Gasteiger partial charge in [0.05, 0.1) is 4.92 Å². The van der Waals surface area contributed by atoms with Gasteiger partial charge in [0.15, 0.2) is 0 Å². The lowest BCUT2D eigenvalue weighted by Gasteiger charge is -2.13. The summed E-state index contributed by atoms with van der Waals surface area (Å²) in [6.45, 7) is 0.723. The largest absolute Gasteiger partial charge is 0.492 e. The monoisotopic (exact) mass is 278 g/mol. The zero-order chi connectivity index (χ0) is 14.6. The van der Waals surface area contributed by atoms with E-state index in [-0.39, 0.29) is 12.4 Å². The second-order valence-electron chi connectivity index (χ2n) is 4.09. The lowest BCUT2D eigenvalue weighted by molar-refractivity contribution is -0.388. The number of nitro groups is 1. The summed E-state index contributed by atoms with van der Waals surface area (Å²) in [5.74, 6) is -0.0419. The molecular weight excluding hydrogens is 265 g/mol. The molecule has 19 heavy (non-hydrogen) atoms. The molecule has 0 aliphatic heterocycles. The molecule has 0 heterocycles. The third-order valence-electron chi connectivity index (χ3n) is 2.28. The van der Waals surface area contributed by atoms with Crippen LogP contribution in [0.5, 0.6) is 5.75 Å². The molecule has 0 aliphatic rings. The molecule has 1 aromatic rings. The van der Waals surface area contributed by atoms with Gasteiger partial charge in [-0.3, -0.25) is 10.1 Å². The van der Waals surface area contributed by atoms with Crippen molar-refractivity contribution < 1.29 is 22.8 Å². The van der Waals surface area contributed by atoms with E-state index in [0.29, 0.717) is 12.6 Å². The molecule has 0 unspecified atom stereocenters. The molecule has 0 saturated carbocycles. The minimum atomic E-state index is -4.79. The van der Waals surface area contributed by atoms with Crippen LogP contribution in [0.2, 0.25) is 0 Å². The minimum absolute atomic E-state index is 0.0419. The minimum Gasteiger partial charge on any atom is -0.492 e. The molecule has 0 spiro atoms. The van der Waals surface area contributed by atoms with Crippen LogP contribution in [0.15, 0.2) is 18.2 Å². The van der Waals surface area contributed by atoms with Crippen LogP contribution in [-0.4, -0.2) is 37.1 Å². The van der Waals surface area contributed by atoms with Crippen molar-refractivity contribution >= 4 is 5.69 Å². The van der Waals surface area contributed by atoms with Crippen LogP contribution in [0.25, 0.3) is 0 Å². The van der Waals surface area contributed by atoms with Crippen molar-refractivity contribution in [2.75, 3.05) is 27.2 Å². The molecule has 0 fully saturated rings. The predicted octanol–water partition coefficient (Wildman–Crippen LogP) is 2.55. The Bertz CT molecular complexity index is 461. The third kappa shape index (κ3) is 4.40. The highest BCUT2D eigenvalue weighted by Crippen LogP contribution is 2.38. The standard InChI is InChI=1S/C11H13F3N2O3/c1-15(2)5-6-19-8-3-4-10(16(17)18)9(7-8)11(12,13)14/h3-4,7H,5-6H2,1-2H3. The summed E-state index contributed by atoms with van der Waals surface area (Å²) in [6.07, 6.45) is -4.79. The number of nitro benzene ring substituents is 1. The molecule has 0 amide bonds. The second-order valence-corrected chi connectivity index (χ2v) is 4.09. The Hall–Kier alpha value is -1.83. The van der Waals surface area contributed by atoms with Crippen molar-refractivity contribution in [3.8, 4) is 5.75 Å². The van der Waals surface area contributed by atoms with Crippen LogP contribution in [0, 0.1) is 10.1 Å². The number of ether oxygens (including phenoxy) is 1. The quantitative estimate of drug-likeness (QED) is 0.613. The topological polar surface area (TPSA) is 55.6 Å². The fraction of sp³-hybridized carbons (Fsp3) is 0.455. The van der Waals surface area contributed by atoms with Crippen LogP contribution in [-0.2, 0) is 6.18 Å². The van der Waals surface area contributed by atoms with Gasteiger partial charge in [-0.15, -0.1) is 0 Å². The molecule has 0 radical (unpaired) electrons. The van der Waals surface area contributed by atoms with E-state index >= 15 is 0 Å². The third-order valence-corrected chi connectivity index (χ3v) is 2.28. The van der Waals surface area contributed by atoms with Gasteiger partial charge in [-0.05, 0) is 26.2 Å². The van der Waals surface area contributed by atoms with Crippen molar-refractivity contribution in [2.24, 2.45) is 0 Å². The fourth-order valence-electron chi connectivity index (χ4n) is 1.34. The van der Waals surface area contributed by atoms with Gasteiger partial charge < -0.3 is 9.64 Å². The number of benzene rings is 1. The zero-order valence-electron chi connectivity index (χ0n) is 10.4. The highest BCUT2D eigenvalue weighted by atomic mass is 19.4. The molecule has 1 rings (SSSR count). The van der Waals surface area contributed by atoms with Gasteiger partial charge in [0.2, 0.25) is 0 Å². The normalized spacial score (nSPS) is 11.7. The highest BCUT2D eigenvalue weighted by molar-refractivity contribution is 5.46. The van der Waals surface area contributed by atoms with Crippen molar-refractivity contribution in [3.05, 3.63) is 33.9 Å². The molecule has 1 aromatic carbocycles. The molecule has 0 N–H and O–H groups in total. The van der Waals surface area contributed by atoms with E-state index in [4.69, 9.17) is 4.74 Å². The van der Waals surface area contributed by atoms with E-state index < -0.39 is 22.4 Å². The van der Waals surface area contributed by atoms with Gasteiger partial charge in [-0.1, -0.05) is 0 Å². The Morgan fingerprint density at radius 1 is 1.37 bits per heavy atom. The SMILES string of the molecule is CN(C)CCOc1ccc([N+](=O)[O-])c(C(F)(F)F)c1. The number of likely N-dealkylation sites (N-methyl/N-ethyl adjacent to an activating group) is 1. The Balaban J connectivity index is 2.96. The Labute approximate surface area is 107 Å². The Morgan fingerprint density at radius 3 is 2.47 bits per heavy atom. The molecule has 0 bridgehead atoms. The average molecular weight is 278 g/mol. The van der Waals surface area contributed by atoms with Crippen LogP contribution < -0.4 is 4.74 Å². The first-order valence-corrected chi connectivity index (χ1v) is 5.35. The fourth-order valence-corrected chi connectivity index (χ4v) is 1.34. The average Bonchev–Trinajstić information content (AvgIpc) is 2.27. The van der Waals surface area contributed by atoms with E-state index in [0.717, 1.165) is 12.1 Å². The van der Waals surface area contributed by atoms with Gasteiger partial charge >= 0.3 is 6.18 Å². The predicted molar refractivity (Wildman–Crippen MR) is 62.1 cm³/mol. The first kappa shape index (κ1) is 15.2. The first-order chi connectivity index (χ1) is 8.71. The maximum absolute atomic E-state index is 12.7. The van der Waals surface area contributed by atoms with E-state index in [1.54, 1.807) is 19.0 Å². The molecule has 0 aliphatic carbocycles. The number of hydrogen-bond acceptors (Lipinski definition) is 4. The van der Waals surface area contributed by atoms with Crippen LogP contribution in [0.3, 0.4) is 0 Å². The number of halogens is 3. The van der Waals surface area contributed by atoms with Gasteiger partial charge in [0.25, 0.3) is 5.69 Å². The summed E-state index contributed by atoms with van der Waals surface area (Å²) < 4.78 is 43.1. The molecular formula is C11H13F3N2O3. The lowest BCUT2D eigenvalue weighted by atomic mass is 10.1. The lowest BCUT2D eigenvalue weighted by Crippen LogP contribution is -2.19. The summed E-state index contributed by atoms with van der Waals surface area (Å²) >= 11 is 0. The van der Waals surface area contributed by atoms with Crippen molar-refractivity contribution in [2.45, 2.75) is 6.18 Å². The summed E-state index contributed by atoms with van der Waals surface area (Å²) in [6, 6.07) is 2.60. The number of hydrogen-bond donors (Lipinski definition) is 0. The summed E-state index contributed by atoms with van der Waals surface area (Å²) in [7, 11) is 3.58. The van der Waals surface area contributed by atoms with Crippen molar-refractivity contribution in [1.82, 2.24) is 4.90 Å². The van der Waals surface area contributed by atoms with Gasteiger partial charge in [-0.2, -0.15) is 13.2 Å². The number of alkyl halides is 3. The van der Waals surface area contributed by atoms with E-state index in [2.05, 4.69) is 0 Å². The molecule has 8 heteroatoms.